The van der Waals surface area contributed by atoms with Gasteiger partial charge in [0.05, 0.1) is 5.41 Å². The molecule has 1 unspecified atom stereocenters. The highest BCUT2D eigenvalue weighted by Gasteiger charge is 2.67. The summed E-state index contributed by atoms with van der Waals surface area (Å²) in [6, 6.07) is 5.56. The average molecular weight is 342 g/mol. The summed E-state index contributed by atoms with van der Waals surface area (Å²) < 4.78 is 39.5. The Morgan fingerprint density at radius 1 is 1.33 bits per heavy atom. The van der Waals surface area contributed by atoms with Gasteiger partial charge in [0, 0.05) is 5.69 Å². The van der Waals surface area contributed by atoms with E-state index in [4.69, 9.17) is 23.2 Å². The van der Waals surface area contributed by atoms with Crippen LogP contribution >= 0.6 is 23.2 Å². The Kier molecular flexibility index (Phi) is 4.06. The minimum atomic E-state index is -4.39. The maximum absolute atomic E-state index is 12.0. The zero-order chi connectivity index (χ0) is 15.9. The van der Waals surface area contributed by atoms with Gasteiger partial charge in [0.2, 0.25) is 5.91 Å². The summed E-state index contributed by atoms with van der Waals surface area (Å²) in [5.41, 5.74) is -0.432. The Labute approximate surface area is 129 Å². The second-order valence-electron chi connectivity index (χ2n) is 5.10. The van der Waals surface area contributed by atoms with E-state index in [9.17, 15) is 18.0 Å². The fraction of sp³-hybridized carbons (Fsp3) is 0.462. The number of rotatable bonds is 4. The van der Waals surface area contributed by atoms with Crippen LogP contribution in [-0.2, 0) is 4.79 Å². The molecule has 1 saturated carbocycles. The molecule has 1 fully saturated rings. The fourth-order valence-corrected chi connectivity index (χ4v) is 2.42. The normalized spacial score (nSPS) is 23.5. The molecule has 1 N–H and O–H groups in total. The maximum Gasteiger partial charge on any atom is 0.422 e. The molecule has 8 heteroatoms. The highest BCUT2D eigenvalue weighted by Crippen LogP contribution is 2.64. The third kappa shape index (κ3) is 3.74. The van der Waals surface area contributed by atoms with Gasteiger partial charge >= 0.3 is 6.18 Å². The van der Waals surface area contributed by atoms with Gasteiger partial charge in [0.15, 0.2) is 6.61 Å². The molecular formula is C13H12Cl2F3NO2. The van der Waals surface area contributed by atoms with Gasteiger partial charge in [0.1, 0.15) is 10.1 Å². The highest BCUT2D eigenvalue weighted by atomic mass is 35.5. The van der Waals surface area contributed by atoms with Gasteiger partial charge in [-0.15, -0.1) is 23.2 Å². The number of carbonyl (C=O) groups excluding carboxylic acids is 1. The van der Waals surface area contributed by atoms with E-state index in [0.717, 1.165) is 0 Å². The number of carbonyl (C=O) groups is 1. The van der Waals surface area contributed by atoms with Crippen molar-refractivity contribution in [2.75, 3.05) is 11.9 Å². The zero-order valence-corrected chi connectivity index (χ0v) is 12.4. The summed E-state index contributed by atoms with van der Waals surface area (Å²) in [6.07, 6.45) is -4.04. The highest BCUT2D eigenvalue weighted by molar-refractivity contribution is 6.53. The van der Waals surface area contributed by atoms with Crippen LogP contribution in [0.3, 0.4) is 0 Å². The molecule has 0 bridgehead atoms. The van der Waals surface area contributed by atoms with Crippen LogP contribution in [0.25, 0.3) is 0 Å². The zero-order valence-electron chi connectivity index (χ0n) is 10.9. The molecule has 0 aliphatic heterocycles. The van der Waals surface area contributed by atoms with Crippen molar-refractivity contribution in [1.29, 1.82) is 0 Å². The van der Waals surface area contributed by atoms with Crippen molar-refractivity contribution < 1.29 is 22.7 Å². The first kappa shape index (κ1) is 16.2. The second kappa shape index (κ2) is 5.25. The third-order valence-electron chi connectivity index (χ3n) is 3.27. The molecule has 2 rings (SSSR count). The number of hydrogen-bond donors (Lipinski definition) is 1. The SMILES string of the molecule is CC1(C(=O)Nc2ccc(OCC(F)(F)F)cc2)CC1(Cl)Cl. The molecule has 1 atom stereocenters. The lowest BCUT2D eigenvalue weighted by molar-refractivity contribution is -0.153. The quantitative estimate of drug-likeness (QED) is 0.835. The summed E-state index contributed by atoms with van der Waals surface area (Å²) in [5.74, 6) is -0.275. The van der Waals surface area contributed by atoms with Gasteiger partial charge in [0.25, 0.3) is 0 Å². The van der Waals surface area contributed by atoms with Crippen LogP contribution in [0, 0.1) is 5.41 Å². The lowest BCUT2D eigenvalue weighted by Gasteiger charge is -2.13. The number of benzene rings is 1. The Bertz CT molecular complexity index is 545. The first-order valence-corrected chi connectivity index (χ1v) is 6.78. The lowest BCUT2D eigenvalue weighted by atomic mass is 10.1. The van der Waals surface area contributed by atoms with E-state index in [1.165, 1.54) is 24.3 Å². The van der Waals surface area contributed by atoms with Crippen LogP contribution in [-0.4, -0.2) is 23.0 Å². The van der Waals surface area contributed by atoms with Crippen molar-refractivity contribution in [3.8, 4) is 5.75 Å². The van der Waals surface area contributed by atoms with Gasteiger partial charge in [-0.05, 0) is 37.6 Å². The van der Waals surface area contributed by atoms with Gasteiger partial charge in [-0.1, -0.05) is 0 Å². The lowest BCUT2D eigenvalue weighted by Crippen LogP contribution is -2.25. The molecule has 21 heavy (non-hydrogen) atoms. The van der Waals surface area contributed by atoms with Crippen LogP contribution in [0.15, 0.2) is 24.3 Å². The molecule has 0 radical (unpaired) electrons. The topological polar surface area (TPSA) is 38.3 Å². The first-order valence-electron chi connectivity index (χ1n) is 6.02. The summed E-state index contributed by atoms with van der Waals surface area (Å²) in [7, 11) is 0. The van der Waals surface area contributed by atoms with Crippen molar-refractivity contribution in [3.05, 3.63) is 24.3 Å². The summed E-state index contributed by atoms with van der Waals surface area (Å²) in [6.45, 7) is 0.279. The van der Waals surface area contributed by atoms with Crippen molar-refractivity contribution in [2.24, 2.45) is 5.41 Å². The maximum atomic E-state index is 12.0. The van der Waals surface area contributed by atoms with Crippen molar-refractivity contribution in [2.45, 2.75) is 23.9 Å². The standard InChI is InChI=1S/C13H12Cl2F3NO2/c1-11(6-12(11,14)15)10(20)19-8-2-4-9(5-3-8)21-7-13(16,17)18/h2-5H,6-7H2,1H3,(H,19,20). The number of alkyl halides is 5. The Morgan fingerprint density at radius 3 is 2.29 bits per heavy atom. The minimum Gasteiger partial charge on any atom is -0.484 e. The Morgan fingerprint density at radius 2 is 1.86 bits per heavy atom. The van der Waals surface area contributed by atoms with Gasteiger partial charge < -0.3 is 10.1 Å². The number of hydrogen-bond acceptors (Lipinski definition) is 2. The molecule has 1 amide bonds. The fourth-order valence-electron chi connectivity index (χ4n) is 1.71. The molecule has 1 aliphatic carbocycles. The van der Waals surface area contributed by atoms with Crippen LogP contribution in [0.5, 0.6) is 5.75 Å². The summed E-state index contributed by atoms with van der Waals surface area (Å²) in [5, 5.41) is 2.61. The molecule has 0 aromatic heterocycles. The smallest absolute Gasteiger partial charge is 0.422 e. The van der Waals surface area contributed by atoms with Gasteiger partial charge in [-0.3, -0.25) is 4.79 Å². The van der Waals surface area contributed by atoms with Crippen LogP contribution in [0.1, 0.15) is 13.3 Å². The molecule has 0 heterocycles. The van der Waals surface area contributed by atoms with Crippen LogP contribution in [0.4, 0.5) is 18.9 Å². The monoisotopic (exact) mass is 341 g/mol. The Hall–Kier alpha value is -1.14. The van der Waals surface area contributed by atoms with E-state index in [0.29, 0.717) is 12.1 Å². The molecule has 1 aromatic carbocycles. The van der Waals surface area contributed by atoms with E-state index in [-0.39, 0.29) is 11.7 Å². The van der Waals surface area contributed by atoms with E-state index >= 15 is 0 Å². The number of anilines is 1. The molecule has 1 aromatic rings. The van der Waals surface area contributed by atoms with Gasteiger partial charge in [-0.25, -0.2) is 0 Å². The third-order valence-corrected chi connectivity index (χ3v) is 4.38. The summed E-state index contributed by atoms with van der Waals surface area (Å²) >= 11 is 11.8. The molecule has 116 valence electrons. The van der Waals surface area contributed by atoms with E-state index < -0.39 is 22.5 Å². The Balaban J connectivity index is 1.93. The van der Waals surface area contributed by atoms with E-state index in [2.05, 4.69) is 10.1 Å². The molecular weight excluding hydrogens is 330 g/mol. The molecule has 0 spiro atoms. The van der Waals surface area contributed by atoms with Crippen LogP contribution in [0.2, 0.25) is 0 Å². The van der Waals surface area contributed by atoms with Crippen LogP contribution < -0.4 is 10.1 Å². The molecule has 3 nitrogen and oxygen atoms in total. The number of nitrogens with one attached hydrogen (secondary N) is 1. The van der Waals surface area contributed by atoms with E-state index in [1.807, 2.05) is 0 Å². The molecule has 0 saturated heterocycles. The van der Waals surface area contributed by atoms with E-state index in [1.54, 1.807) is 6.92 Å². The second-order valence-corrected chi connectivity index (χ2v) is 6.58. The number of ether oxygens (including phenoxy) is 1. The predicted molar refractivity (Wildman–Crippen MR) is 73.8 cm³/mol. The van der Waals surface area contributed by atoms with Crippen molar-refractivity contribution >= 4 is 34.8 Å². The largest absolute Gasteiger partial charge is 0.484 e. The van der Waals surface area contributed by atoms with Gasteiger partial charge in [-0.2, -0.15) is 13.2 Å². The van der Waals surface area contributed by atoms with Crippen molar-refractivity contribution in [3.63, 3.8) is 0 Å². The minimum absolute atomic E-state index is 0.0620. The summed E-state index contributed by atoms with van der Waals surface area (Å²) in [4.78, 5) is 12.0. The van der Waals surface area contributed by atoms with Crippen molar-refractivity contribution in [1.82, 2.24) is 0 Å². The first-order chi connectivity index (χ1) is 9.53. The average Bonchev–Trinajstić information content (AvgIpc) is 2.88. The molecule has 1 aliphatic rings. The predicted octanol–water partition coefficient (Wildman–Crippen LogP) is 4.15. The number of amides is 1. The number of halogens is 5.